The second-order valence-corrected chi connectivity index (χ2v) is 4.84. The zero-order chi connectivity index (χ0) is 13.8. The fourth-order valence-electron chi connectivity index (χ4n) is 2.28. The number of rotatable bonds is 5. The van der Waals surface area contributed by atoms with Gasteiger partial charge in [0.05, 0.1) is 0 Å². The van der Waals surface area contributed by atoms with Gasteiger partial charge >= 0.3 is 0 Å². The third-order valence-electron chi connectivity index (χ3n) is 3.42. The van der Waals surface area contributed by atoms with E-state index in [-0.39, 0.29) is 0 Å². The lowest BCUT2D eigenvalue weighted by molar-refractivity contribution is 0.766. The van der Waals surface area contributed by atoms with Crippen LogP contribution in [0, 0.1) is 0 Å². The second kappa shape index (κ2) is 5.70. The molecular formula is C17H19N3. The Morgan fingerprint density at radius 1 is 1.00 bits per heavy atom. The van der Waals surface area contributed by atoms with Crippen molar-refractivity contribution in [2.45, 2.75) is 20.0 Å². The summed E-state index contributed by atoms with van der Waals surface area (Å²) in [4.78, 5) is 0. The highest BCUT2D eigenvalue weighted by atomic mass is 15.0. The molecule has 0 aliphatic carbocycles. The van der Waals surface area contributed by atoms with Crippen LogP contribution in [0.25, 0.3) is 5.69 Å². The van der Waals surface area contributed by atoms with Crippen molar-refractivity contribution in [2.24, 2.45) is 0 Å². The third-order valence-corrected chi connectivity index (χ3v) is 3.42. The molecule has 0 saturated heterocycles. The van der Waals surface area contributed by atoms with Gasteiger partial charge < -0.3 is 14.5 Å². The molecular weight excluding hydrogens is 246 g/mol. The van der Waals surface area contributed by atoms with Crippen LogP contribution in [-0.2, 0) is 13.1 Å². The Labute approximate surface area is 119 Å². The van der Waals surface area contributed by atoms with Gasteiger partial charge in [0.15, 0.2) is 0 Å². The van der Waals surface area contributed by atoms with E-state index in [2.05, 4.69) is 76.5 Å². The van der Waals surface area contributed by atoms with Crippen molar-refractivity contribution in [3.8, 4) is 5.69 Å². The molecule has 0 aliphatic heterocycles. The molecule has 1 N–H and O–H groups in total. The van der Waals surface area contributed by atoms with E-state index in [0.717, 1.165) is 18.8 Å². The van der Waals surface area contributed by atoms with E-state index in [1.54, 1.807) is 0 Å². The van der Waals surface area contributed by atoms with Crippen molar-refractivity contribution in [1.29, 1.82) is 0 Å². The van der Waals surface area contributed by atoms with Crippen molar-refractivity contribution in [2.75, 3.05) is 5.32 Å². The topological polar surface area (TPSA) is 21.9 Å². The maximum absolute atomic E-state index is 3.47. The molecule has 0 atom stereocenters. The summed E-state index contributed by atoms with van der Waals surface area (Å²) in [7, 11) is 0. The van der Waals surface area contributed by atoms with Crippen LogP contribution in [-0.4, -0.2) is 9.13 Å². The summed E-state index contributed by atoms with van der Waals surface area (Å²) in [5.74, 6) is 0. The lowest BCUT2D eigenvalue weighted by Crippen LogP contribution is -1.99. The Morgan fingerprint density at radius 2 is 1.85 bits per heavy atom. The fraction of sp³-hybridized carbons (Fsp3) is 0.176. The highest BCUT2D eigenvalue weighted by Gasteiger charge is 1.99. The molecule has 20 heavy (non-hydrogen) atoms. The molecule has 0 saturated carbocycles. The highest BCUT2D eigenvalue weighted by Crippen LogP contribution is 2.16. The van der Waals surface area contributed by atoms with Gasteiger partial charge in [-0.2, -0.15) is 0 Å². The zero-order valence-electron chi connectivity index (χ0n) is 11.7. The highest BCUT2D eigenvalue weighted by molar-refractivity contribution is 5.51. The summed E-state index contributed by atoms with van der Waals surface area (Å²) in [5.41, 5.74) is 3.62. The maximum atomic E-state index is 3.47. The Hall–Kier alpha value is -2.42. The number of aromatic nitrogens is 2. The van der Waals surface area contributed by atoms with E-state index in [9.17, 15) is 0 Å². The van der Waals surface area contributed by atoms with Crippen LogP contribution in [0.15, 0.2) is 67.3 Å². The molecule has 3 heteroatoms. The van der Waals surface area contributed by atoms with E-state index in [1.807, 2.05) is 12.1 Å². The number of nitrogens with zero attached hydrogens (tertiary/aromatic N) is 2. The monoisotopic (exact) mass is 265 g/mol. The zero-order valence-corrected chi connectivity index (χ0v) is 11.7. The van der Waals surface area contributed by atoms with Gasteiger partial charge in [-0.05, 0) is 48.9 Å². The van der Waals surface area contributed by atoms with Gasteiger partial charge in [0.2, 0.25) is 0 Å². The summed E-state index contributed by atoms with van der Waals surface area (Å²) >= 11 is 0. The number of hydrogen-bond donors (Lipinski definition) is 1. The summed E-state index contributed by atoms with van der Waals surface area (Å²) < 4.78 is 4.30. The van der Waals surface area contributed by atoms with Gasteiger partial charge in [-0.25, -0.2) is 0 Å². The Kier molecular flexibility index (Phi) is 3.59. The first-order valence-corrected chi connectivity index (χ1v) is 6.97. The summed E-state index contributed by atoms with van der Waals surface area (Å²) in [6.45, 7) is 4.02. The van der Waals surface area contributed by atoms with Crippen molar-refractivity contribution in [3.05, 3.63) is 72.8 Å². The average Bonchev–Trinajstić information content (AvgIpc) is 3.17. The molecule has 0 amide bonds. The Balaban J connectivity index is 1.70. The lowest BCUT2D eigenvalue weighted by atomic mass is 10.2. The molecule has 1 aromatic carbocycles. The predicted octanol–water partition coefficient (Wildman–Crippen LogP) is 3.91. The molecule has 102 valence electrons. The largest absolute Gasteiger partial charge is 0.381 e. The third kappa shape index (κ3) is 2.77. The normalized spacial score (nSPS) is 10.7. The lowest BCUT2D eigenvalue weighted by Gasteiger charge is -2.08. The van der Waals surface area contributed by atoms with E-state index in [1.165, 1.54) is 11.3 Å². The number of anilines is 1. The van der Waals surface area contributed by atoms with E-state index >= 15 is 0 Å². The van der Waals surface area contributed by atoms with Crippen LogP contribution < -0.4 is 5.32 Å². The van der Waals surface area contributed by atoms with Crippen molar-refractivity contribution in [3.63, 3.8) is 0 Å². The Bertz CT molecular complexity index is 665. The molecule has 0 aliphatic rings. The molecule has 0 radical (unpaired) electrons. The summed E-state index contributed by atoms with van der Waals surface area (Å²) in [6.07, 6.45) is 8.41. The van der Waals surface area contributed by atoms with Gasteiger partial charge in [0, 0.05) is 49.3 Å². The standard InChI is InChI=1S/C17H19N3/c1-2-19-11-8-15(14-19)13-18-16-6-5-7-17(12-16)20-9-3-4-10-20/h3-12,14,18H,2,13H2,1H3. The summed E-state index contributed by atoms with van der Waals surface area (Å²) in [6, 6.07) is 14.7. The number of nitrogens with one attached hydrogen (secondary N) is 1. The smallest absolute Gasteiger partial charge is 0.0469 e. The molecule has 2 heterocycles. The van der Waals surface area contributed by atoms with Crippen LogP contribution in [0.2, 0.25) is 0 Å². The van der Waals surface area contributed by atoms with Crippen LogP contribution in [0.1, 0.15) is 12.5 Å². The molecule has 0 bridgehead atoms. The number of hydrogen-bond acceptors (Lipinski definition) is 1. The van der Waals surface area contributed by atoms with Crippen molar-refractivity contribution < 1.29 is 0 Å². The summed E-state index contributed by atoms with van der Waals surface area (Å²) in [5, 5.41) is 3.47. The van der Waals surface area contributed by atoms with Crippen molar-refractivity contribution >= 4 is 5.69 Å². The fourth-order valence-corrected chi connectivity index (χ4v) is 2.28. The predicted molar refractivity (Wildman–Crippen MR) is 83.2 cm³/mol. The first kappa shape index (κ1) is 12.6. The minimum absolute atomic E-state index is 0.849. The van der Waals surface area contributed by atoms with Gasteiger partial charge in [0.1, 0.15) is 0 Å². The average molecular weight is 265 g/mol. The van der Waals surface area contributed by atoms with Gasteiger partial charge in [0.25, 0.3) is 0 Å². The quantitative estimate of drug-likeness (QED) is 0.742. The van der Waals surface area contributed by atoms with Gasteiger partial charge in [-0.15, -0.1) is 0 Å². The Morgan fingerprint density at radius 3 is 2.60 bits per heavy atom. The van der Waals surface area contributed by atoms with E-state index in [4.69, 9.17) is 0 Å². The SMILES string of the molecule is CCn1ccc(CNc2cccc(-n3cccc3)c2)c1. The molecule has 2 aromatic heterocycles. The van der Waals surface area contributed by atoms with Gasteiger partial charge in [-0.3, -0.25) is 0 Å². The van der Waals surface area contributed by atoms with Crippen molar-refractivity contribution in [1.82, 2.24) is 9.13 Å². The van der Waals surface area contributed by atoms with Crippen LogP contribution >= 0.6 is 0 Å². The van der Waals surface area contributed by atoms with Crippen LogP contribution in [0.5, 0.6) is 0 Å². The van der Waals surface area contributed by atoms with E-state index < -0.39 is 0 Å². The molecule has 3 nitrogen and oxygen atoms in total. The first-order valence-electron chi connectivity index (χ1n) is 6.97. The molecule has 3 rings (SSSR count). The molecule has 0 fully saturated rings. The number of aryl methyl sites for hydroxylation is 1. The molecule has 3 aromatic rings. The van der Waals surface area contributed by atoms with Crippen LogP contribution in [0.4, 0.5) is 5.69 Å². The maximum Gasteiger partial charge on any atom is 0.0469 e. The van der Waals surface area contributed by atoms with Gasteiger partial charge in [-0.1, -0.05) is 6.07 Å². The minimum Gasteiger partial charge on any atom is -0.381 e. The molecule has 0 unspecified atom stereocenters. The second-order valence-electron chi connectivity index (χ2n) is 4.84. The van der Waals surface area contributed by atoms with Crippen LogP contribution in [0.3, 0.4) is 0 Å². The molecule has 0 spiro atoms. The number of benzene rings is 1. The first-order chi connectivity index (χ1) is 9.85. The van der Waals surface area contributed by atoms with E-state index in [0.29, 0.717) is 0 Å². The minimum atomic E-state index is 0.849.